The van der Waals surface area contributed by atoms with Gasteiger partial charge in [0.25, 0.3) is 0 Å². The maximum atomic E-state index is 13.4. The van der Waals surface area contributed by atoms with Crippen LogP contribution in [0.5, 0.6) is 0 Å². The van der Waals surface area contributed by atoms with Crippen molar-refractivity contribution in [3.8, 4) is 17.4 Å². The van der Waals surface area contributed by atoms with E-state index in [9.17, 15) is 13.2 Å². The largest absolute Gasteiger partial charge is 0.435 e. The van der Waals surface area contributed by atoms with Crippen molar-refractivity contribution in [1.29, 1.82) is 0 Å². The van der Waals surface area contributed by atoms with E-state index >= 15 is 0 Å². The SMILES string of the molecule is C/N=c1\oc(-c2cc(C(F)(F)F)nn2-c2ncccc2Cl)nc2c(C)cc(Cl)cc12. The summed E-state index contributed by atoms with van der Waals surface area (Å²) in [6, 6.07) is 7.19. The summed E-state index contributed by atoms with van der Waals surface area (Å²) in [6.07, 6.45) is -3.30. The topological polar surface area (TPSA) is 69.1 Å². The van der Waals surface area contributed by atoms with Crippen molar-refractivity contribution >= 4 is 34.1 Å². The van der Waals surface area contributed by atoms with Gasteiger partial charge in [-0.3, -0.25) is 4.99 Å². The monoisotopic (exact) mass is 453 g/mol. The standard InChI is InChI=1S/C19H12Cl2F3N5O/c1-9-6-10(20)7-11-15(9)27-18(30-17(11)25-2)13-8-14(19(22,23)24)28-29(13)16-12(21)4-3-5-26-16/h3-8H,1-2H3/b25-17-. The minimum absolute atomic E-state index is 0.00424. The average molecular weight is 454 g/mol. The highest BCUT2D eigenvalue weighted by Crippen LogP contribution is 2.34. The molecule has 0 aliphatic rings. The predicted molar refractivity (Wildman–Crippen MR) is 106 cm³/mol. The molecule has 11 heteroatoms. The number of halogens is 5. The van der Waals surface area contributed by atoms with E-state index in [1.165, 1.54) is 19.3 Å². The Balaban J connectivity index is 2.07. The Bertz CT molecular complexity index is 1340. The van der Waals surface area contributed by atoms with E-state index < -0.39 is 11.9 Å². The Labute approximate surface area is 177 Å². The van der Waals surface area contributed by atoms with Crippen molar-refractivity contribution in [3.05, 3.63) is 63.4 Å². The van der Waals surface area contributed by atoms with Crippen LogP contribution in [0.2, 0.25) is 10.0 Å². The van der Waals surface area contributed by atoms with Crippen LogP contribution in [0.1, 0.15) is 11.3 Å². The van der Waals surface area contributed by atoms with Gasteiger partial charge < -0.3 is 4.42 Å². The van der Waals surface area contributed by atoms with Crippen molar-refractivity contribution in [2.24, 2.45) is 4.99 Å². The van der Waals surface area contributed by atoms with Crippen LogP contribution in [0.4, 0.5) is 13.2 Å². The maximum Gasteiger partial charge on any atom is 0.435 e. The fraction of sp³-hybridized carbons (Fsp3) is 0.158. The van der Waals surface area contributed by atoms with Crippen LogP contribution in [0.15, 0.2) is 45.9 Å². The Kier molecular flexibility index (Phi) is 5.03. The number of benzene rings is 1. The average Bonchev–Trinajstić information content (AvgIpc) is 3.13. The van der Waals surface area contributed by atoms with Crippen LogP contribution in [-0.2, 0) is 6.18 Å². The Morgan fingerprint density at radius 2 is 1.93 bits per heavy atom. The lowest BCUT2D eigenvalue weighted by Gasteiger charge is -2.09. The van der Waals surface area contributed by atoms with E-state index in [1.807, 2.05) is 0 Å². The van der Waals surface area contributed by atoms with Crippen LogP contribution in [0, 0.1) is 6.92 Å². The first-order chi connectivity index (χ1) is 14.2. The van der Waals surface area contributed by atoms with Gasteiger partial charge in [-0.15, -0.1) is 0 Å². The second kappa shape index (κ2) is 7.41. The third kappa shape index (κ3) is 3.54. The zero-order valence-corrected chi connectivity index (χ0v) is 17.0. The molecular formula is C19H12Cl2F3N5O. The maximum absolute atomic E-state index is 13.4. The van der Waals surface area contributed by atoms with Crippen molar-refractivity contribution in [2.75, 3.05) is 7.05 Å². The number of nitrogens with zero attached hydrogens (tertiary/aromatic N) is 5. The van der Waals surface area contributed by atoms with Crippen molar-refractivity contribution in [2.45, 2.75) is 13.1 Å². The quantitative estimate of drug-likeness (QED) is 0.416. The summed E-state index contributed by atoms with van der Waals surface area (Å²) in [6.45, 7) is 1.78. The molecule has 6 nitrogen and oxygen atoms in total. The van der Waals surface area contributed by atoms with Crippen LogP contribution in [-0.4, -0.2) is 26.8 Å². The minimum Gasteiger partial charge on any atom is -0.418 e. The number of aryl methyl sites for hydroxylation is 1. The zero-order valence-electron chi connectivity index (χ0n) is 15.5. The van der Waals surface area contributed by atoms with Crippen LogP contribution < -0.4 is 5.55 Å². The van der Waals surface area contributed by atoms with E-state index in [4.69, 9.17) is 27.6 Å². The molecule has 0 atom stereocenters. The van der Waals surface area contributed by atoms with Crippen LogP contribution in [0.3, 0.4) is 0 Å². The lowest BCUT2D eigenvalue weighted by molar-refractivity contribution is -0.141. The smallest absolute Gasteiger partial charge is 0.418 e. The highest BCUT2D eigenvalue weighted by atomic mass is 35.5. The summed E-state index contributed by atoms with van der Waals surface area (Å²) in [5, 5.41) is 4.75. The molecule has 4 aromatic rings. The van der Waals surface area contributed by atoms with E-state index in [1.54, 1.807) is 25.1 Å². The first kappa shape index (κ1) is 20.4. The second-order valence-corrected chi connectivity index (χ2v) is 7.14. The Morgan fingerprint density at radius 3 is 2.60 bits per heavy atom. The van der Waals surface area contributed by atoms with Gasteiger partial charge in [0.05, 0.1) is 15.9 Å². The molecule has 0 unspecified atom stereocenters. The summed E-state index contributed by atoms with van der Waals surface area (Å²) < 4.78 is 46.9. The molecule has 0 fully saturated rings. The van der Waals surface area contributed by atoms with E-state index in [-0.39, 0.29) is 28.0 Å². The molecule has 30 heavy (non-hydrogen) atoms. The van der Waals surface area contributed by atoms with Gasteiger partial charge in [-0.25, -0.2) is 14.6 Å². The summed E-state index contributed by atoms with van der Waals surface area (Å²) in [5.74, 6) is -0.122. The molecule has 0 saturated carbocycles. The molecule has 0 N–H and O–H groups in total. The third-order valence-corrected chi connectivity index (χ3v) is 4.78. The van der Waals surface area contributed by atoms with Crippen LogP contribution >= 0.6 is 23.2 Å². The number of alkyl halides is 3. The highest BCUT2D eigenvalue weighted by Gasteiger charge is 2.36. The number of hydrogen-bond donors (Lipinski definition) is 0. The molecule has 0 saturated heterocycles. The molecule has 0 radical (unpaired) electrons. The summed E-state index contributed by atoms with van der Waals surface area (Å²) in [5.41, 5.74) is 0.129. The van der Waals surface area contributed by atoms with E-state index in [0.29, 0.717) is 21.5 Å². The summed E-state index contributed by atoms with van der Waals surface area (Å²) >= 11 is 12.3. The van der Waals surface area contributed by atoms with E-state index in [0.717, 1.165) is 10.7 Å². The summed E-state index contributed by atoms with van der Waals surface area (Å²) in [7, 11) is 1.49. The van der Waals surface area contributed by atoms with Gasteiger partial charge in [-0.05, 0) is 36.8 Å². The van der Waals surface area contributed by atoms with Gasteiger partial charge in [-0.1, -0.05) is 23.2 Å². The molecular weight excluding hydrogens is 442 g/mol. The minimum atomic E-state index is -4.69. The van der Waals surface area contributed by atoms with Gasteiger partial charge in [0.1, 0.15) is 5.69 Å². The van der Waals surface area contributed by atoms with Crippen molar-refractivity contribution in [1.82, 2.24) is 19.7 Å². The second-order valence-electron chi connectivity index (χ2n) is 6.30. The number of aromatic nitrogens is 4. The lowest BCUT2D eigenvalue weighted by atomic mass is 10.1. The molecule has 0 bridgehead atoms. The molecule has 1 aromatic carbocycles. The molecule has 0 aliphatic heterocycles. The third-order valence-electron chi connectivity index (χ3n) is 4.26. The number of hydrogen-bond acceptors (Lipinski definition) is 5. The normalized spacial score (nSPS) is 12.7. The molecule has 0 amide bonds. The zero-order chi connectivity index (χ0) is 21.6. The number of pyridine rings is 1. The first-order valence-electron chi connectivity index (χ1n) is 8.51. The molecule has 3 heterocycles. The fourth-order valence-corrected chi connectivity index (χ4v) is 3.43. The summed E-state index contributed by atoms with van der Waals surface area (Å²) in [4.78, 5) is 12.6. The lowest BCUT2D eigenvalue weighted by Crippen LogP contribution is -2.10. The van der Waals surface area contributed by atoms with Crippen molar-refractivity contribution < 1.29 is 17.6 Å². The highest BCUT2D eigenvalue weighted by molar-refractivity contribution is 6.32. The van der Waals surface area contributed by atoms with Gasteiger partial charge >= 0.3 is 6.18 Å². The predicted octanol–water partition coefficient (Wildman–Crippen LogP) is 5.24. The van der Waals surface area contributed by atoms with Gasteiger partial charge in [0, 0.05) is 24.3 Å². The van der Waals surface area contributed by atoms with Gasteiger partial charge in [0.2, 0.25) is 11.4 Å². The molecule has 154 valence electrons. The first-order valence-corrected chi connectivity index (χ1v) is 9.27. The number of fused-ring (bicyclic) bond motifs is 1. The molecule has 4 rings (SSSR count). The number of rotatable bonds is 2. The fourth-order valence-electron chi connectivity index (χ4n) is 2.96. The van der Waals surface area contributed by atoms with Gasteiger partial charge in [0.15, 0.2) is 11.5 Å². The Morgan fingerprint density at radius 1 is 1.17 bits per heavy atom. The van der Waals surface area contributed by atoms with Gasteiger partial charge in [-0.2, -0.15) is 18.3 Å². The molecule has 0 aliphatic carbocycles. The van der Waals surface area contributed by atoms with Crippen LogP contribution in [0.25, 0.3) is 28.3 Å². The molecule has 0 spiro atoms. The van der Waals surface area contributed by atoms with E-state index in [2.05, 4.69) is 20.1 Å². The Hall–Kier alpha value is -2.91. The van der Waals surface area contributed by atoms with Crippen molar-refractivity contribution in [3.63, 3.8) is 0 Å². The molecule has 3 aromatic heterocycles.